The highest BCUT2D eigenvalue weighted by atomic mass is 16.5. The molecule has 148 valence electrons. The summed E-state index contributed by atoms with van der Waals surface area (Å²) in [5.41, 5.74) is 2.00. The number of carbonyl (C=O) groups is 3. The average molecular weight is 384 g/mol. The van der Waals surface area contributed by atoms with Crippen LogP contribution in [-0.4, -0.2) is 37.5 Å². The van der Waals surface area contributed by atoms with Crippen molar-refractivity contribution < 1.29 is 23.9 Å². The zero-order valence-corrected chi connectivity index (χ0v) is 16.0. The molecule has 2 N–H and O–H groups in total. The number of esters is 1. The van der Waals surface area contributed by atoms with Gasteiger partial charge in [0.25, 0.3) is 11.8 Å². The van der Waals surface area contributed by atoms with Gasteiger partial charge in [0.1, 0.15) is 12.3 Å². The molecule has 0 radical (unpaired) electrons. The number of benzene rings is 2. The molecule has 0 saturated carbocycles. The molecule has 0 saturated heterocycles. The van der Waals surface area contributed by atoms with E-state index in [1.54, 1.807) is 30.3 Å². The Kier molecular flexibility index (Phi) is 8.02. The number of ether oxygens (including phenoxy) is 2. The predicted octanol–water partition coefficient (Wildman–Crippen LogP) is 2.56. The lowest BCUT2D eigenvalue weighted by Gasteiger charge is -2.11. The van der Waals surface area contributed by atoms with Crippen LogP contribution in [0.25, 0.3) is 0 Å². The molecule has 2 rings (SSSR count). The normalized spacial score (nSPS) is 10.1. The van der Waals surface area contributed by atoms with Crippen LogP contribution in [0.3, 0.4) is 0 Å². The Morgan fingerprint density at radius 3 is 2.43 bits per heavy atom. The molecule has 7 nitrogen and oxygen atoms in total. The summed E-state index contributed by atoms with van der Waals surface area (Å²) in [6.45, 7) is 3.44. The number of carbonyl (C=O) groups excluding carboxylic acids is 3. The largest absolute Gasteiger partial charge is 0.493 e. The summed E-state index contributed by atoms with van der Waals surface area (Å²) in [7, 11) is 0. The standard InChI is InChI=1S/C21H24N2O5/c1-3-15-9-5-7-11-17(15)23-19(24)14-28-20(25)13-22-21(26)16-10-6-8-12-18(16)27-4-2/h5-12H,3-4,13-14H2,1-2H3,(H,22,26)(H,23,24). The van der Waals surface area contributed by atoms with Crippen molar-refractivity contribution in [3.05, 3.63) is 59.7 Å². The van der Waals surface area contributed by atoms with Crippen molar-refractivity contribution in [2.24, 2.45) is 0 Å². The average Bonchev–Trinajstić information content (AvgIpc) is 2.71. The fourth-order valence-electron chi connectivity index (χ4n) is 2.52. The summed E-state index contributed by atoms with van der Waals surface area (Å²) in [6.07, 6.45) is 0.769. The molecular formula is C21H24N2O5. The van der Waals surface area contributed by atoms with Crippen LogP contribution in [0.5, 0.6) is 5.75 Å². The first-order valence-corrected chi connectivity index (χ1v) is 9.08. The van der Waals surface area contributed by atoms with Gasteiger partial charge in [0.05, 0.1) is 12.2 Å². The molecule has 2 aromatic rings. The summed E-state index contributed by atoms with van der Waals surface area (Å²) in [6, 6.07) is 14.1. The first kappa shape index (κ1) is 21.0. The number of rotatable bonds is 9. The molecule has 28 heavy (non-hydrogen) atoms. The zero-order chi connectivity index (χ0) is 20.4. The second kappa shape index (κ2) is 10.7. The van der Waals surface area contributed by atoms with Crippen molar-refractivity contribution in [1.82, 2.24) is 5.32 Å². The van der Waals surface area contributed by atoms with E-state index in [0.29, 0.717) is 23.6 Å². The number of anilines is 1. The van der Waals surface area contributed by atoms with Gasteiger partial charge >= 0.3 is 5.97 Å². The number of aryl methyl sites for hydroxylation is 1. The monoisotopic (exact) mass is 384 g/mol. The molecule has 0 aromatic heterocycles. The van der Waals surface area contributed by atoms with Crippen LogP contribution in [0, 0.1) is 0 Å². The Morgan fingerprint density at radius 2 is 1.68 bits per heavy atom. The second-order valence-electron chi connectivity index (χ2n) is 5.83. The molecule has 0 heterocycles. The van der Waals surface area contributed by atoms with Gasteiger partial charge in [-0.05, 0) is 37.1 Å². The third-order valence-corrected chi connectivity index (χ3v) is 3.86. The summed E-state index contributed by atoms with van der Waals surface area (Å²) < 4.78 is 10.3. The Hall–Kier alpha value is -3.35. The minimum atomic E-state index is -0.707. The minimum absolute atomic E-state index is 0.325. The van der Waals surface area contributed by atoms with E-state index >= 15 is 0 Å². The van der Waals surface area contributed by atoms with Gasteiger partial charge in [-0.2, -0.15) is 0 Å². The van der Waals surface area contributed by atoms with Gasteiger partial charge in [-0.15, -0.1) is 0 Å². The van der Waals surface area contributed by atoms with Gasteiger partial charge in [-0.3, -0.25) is 14.4 Å². The molecule has 0 atom stereocenters. The highest BCUT2D eigenvalue weighted by Gasteiger charge is 2.14. The van der Waals surface area contributed by atoms with Crippen molar-refractivity contribution in [1.29, 1.82) is 0 Å². The molecule has 2 amide bonds. The molecule has 0 fully saturated rings. The molecule has 0 bridgehead atoms. The minimum Gasteiger partial charge on any atom is -0.493 e. The van der Waals surface area contributed by atoms with Crippen molar-refractivity contribution in [2.45, 2.75) is 20.3 Å². The molecule has 0 aliphatic rings. The lowest BCUT2D eigenvalue weighted by molar-refractivity contribution is -0.146. The molecule has 0 aliphatic carbocycles. The van der Waals surface area contributed by atoms with Gasteiger partial charge < -0.3 is 20.1 Å². The topological polar surface area (TPSA) is 93.7 Å². The van der Waals surface area contributed by atoms with Crippen molar-refractivity contribution in [2.75, 3.05) is 25.1 Å². The second-order valence-corrected chi connectivity index (χ2v) is 5.83. The van der Waals surface area contributed by atoms with E-state index in [0.717, 1.165) is 12.0 Å². The van der Waals surface area contributed by atoms with E-state index in [1.165, 1.54) is 0 Å². The van der Waals surface area contributed by atoms with Crippen LogP contribution in [0.4, 0.5) is 5.69 Å². The molecule has 7 heteroatoms. The molecule has 0 aliphatic heterocycles. The lowest BCUT2D eigenvalue weighted by atomic mass is 10.1. The number of hydrogen-bond donors (Lipinski definition) is 2. The SMILES string of the molecule is CCOc1ccccc1C(=O)NCC(=O)OCC(=O)Nc1ccccc1CC. The van der Waals surface area contributed by atoms with Gasteiger partial charge in [0.15, 0.2) is 6.61 Å². The number of amides is 2. The van der Waals surface area contributed by atoms with Crippen LogP contribution in [-0.2, 0) is 20.7 Å². The first-order valence-electron chi connectivity index (χ1n) is 9.08. The van der Waals surface area contributed by atoms with Crippen LogP contribution < -0.4 is 15.4 Å². The van der Waals surface area contributed by atoms with E-state index in [-0.39, 0.29) is 6.54 Å². The Morgan fingerprint density at radius 1 is 0.964 bits per heavy atom. The summed E-state index contributed by atoms with van der Waals surface area (Å²) >= 11 is 0. The van der Waals surface area contributed by atoms with Gasteiger partial charge in [0, 0.05) is 5.69 Å². The predicted molar refractivity (Wildman–Crippen MR) is 105 cm³/mol. The fraction of sp³-hybridized carbons (Fsp3) is 0.286. The summed E-state index contributed by atoms with van der Waals surface area (Å²) in [4.78, 5) is 36.0. The number of para-hydroxylation sites is 2. The van der Waals surface area contributed by atoms with E-state index in [4.69, 9.17) is 9.47 Å². The highest BCUT2D eigenvalue weighted by Crippen LogP contribution is 2.17. The Bertz CT molecular complexity index is 835. The summed E-state index contributed by atoms with van der Waals surface area (Å²) in [5.74, 6) is -1.17. The maximum atomic E-state index is 12.2. The number of nitrogens with one attached hydrogen (secondary N) is 2. The smallest absolute Gasteiger partial charge is 0.325 e. The van der Waals surface area contributed by atoms with E-state index in [9.17, 15) is 14.4 Å². The third kappa shape index (κ3) is 6.12. The fourth-order valence-corrected chi connectivity index (χ4v) is 2.52. The van der Waals surface area contributed by atoms with Gasteiger partial charge in [-0.1, -0.05) is 37.3 Å². The van der Waals surface area contributed by atoms with Crippen molar-refractivity contribution in [3.8, 4) is 5.75 Å². The van der Waals surface area contributed by atoms with E-state index in [1.807, 2.05) is 32.0 Å². The van der Waals surface area contributed by atoms with Gasteiger partial charge in [-0.25, -0.2) is 0 Å². The van der Waals surface area contributed by atoms with Crippen LogP contribution >= 0.6 is 0 Å². The Balaban J connectivity index is 1.79. The molecule has 2 aromatic carbocycles. The Labute approximate surface area is 164 Å². The lowest BCUT2D eigenvalue weighted by Crippen LogP contribution is -2.32. The summed E-state index contributed by atoms with van der Waals surface area (Å²) in [5, 5.41) is 5.17. The molecule has 0 unspecified atom stereocenters. The molecule has 0 spiro atoms. The number of hydrogen-bond acceptors (Lipinski definition) is 5. The first-order chi connectivity index (χ1) is 13.5. The van der Waals surface area contributed by atoms with Crippen LogP contribution in [0.15, 0.2) is 48.5 Å². The van der Waals surface area contributed by atoms with Crippen molar-refractivity contribution in [3.63, 3.8) is 0 Å². The van der Waals surface area contributed by atoms with Crippen LogP contribution in [0.2, 0.25) is 0 Å². The maximum absolute atomic E-state index is 12.2. The van der Waals surface area contributed by atoms with E-state index < -0.39 is 24.4 Å². The molecular weight excluding hydrogens is 360 g/mol. The quantitative estimate of drug-likeness (QED) is 0.648. The maximum Gasteiger partial charge on any atom is 0.325 e. The zero-order valence-electron chi connectivity index (χ0n) is 16.0. The van der Waals surface area contributed by atoms with Crippen molar-refractivity contribution >= 4 is 23.5 Å². The van der Waals surface area contributed by atoms with E-state index in [2.05, 4.69) is 10.6 Å². The highest BCUT2D eigenvalue weighted by molar-refractivity contribution is 5.98. The van der Waals surface area contributed by atoms with Gasteiger partial charge in [0.2, 0.25) is 0 Å². The van der Waals surface area contributed by atoms with Crippen LogP contribution in [0.1, 0.15) is 29.8 Å². The third-order valence-electron chi connectivity index (χ3n) is 3.86.